The topological polar surface area (TPSA) is 40.5 Å². The molecule has 0 atom stereocenters. The zero-order chi connectivity index (χ0) is 14.0. The highest BCUT2D eigenvalue weighted by Crippen LogP contribution is 2.25. The molecule has 6 heteroatoms. The summed E-state index contributed by atoms with van der Waals surface area (Å²) >= 11 is 10.7. The van der Waals surface area contributed by atoms with Gasteiger partial charge in [0.25, 0.3) is 5.91 Å². The van der Waals surface area contributed by atoms with Crippen molar-refractivity contribution in [3.8, 4) is 5.75 Å². The molecule has 0 aliphatic carbocycles. The van der Waals surface area contributed by atoms with Gasteiger partial charge in [-0.1, -0.05) is 11.6 Å². The Morgan fingerprint density at radius 1 is 1.47 bits per heavy atom. The SMILES string of the molecule is CN(Cc1csc(Br)c1)C(=O)c1ccc(Cl)cc1O. The Labute approximate surface area is 128 Å². The molecule has 1 N–H and O–H groups in total. The molecule has 0 bridgehead atoms. The van der Waals surface area contributed by atoms with Crippen molar-refractivity contribution < 1.29 is 9.90 Å². The van der Waals surface area contributed by atoms with E-state index in [0.717, 1.165) is 9.35 Å². The minimum absolute atomic E-state index is 0.101. The Balaban J connectivity index is 2.14. The first-order valence-corrected chi connectivity index (χ1v) is 7.49. The third-order valence-corrected chi connectivity index (χ3v) is 4.37. The lowest BCUT2D eigenvalue weighted by molar-refractivity contribution is 0.0782. The number of aromatic hydroxyl groups is 1. The molecule has 0 unspecified atom stereocenters. The maximum atomic E-state index is 12.2. The van der Waals surface area contributed by atoms with Gasteiger partial charge in [-0.3, -0.25) is 4.79 Å². The molecule has 0 saturated heterocycles. The number of hydrogen-bond donors (Lipinski definition) is 1. The molecule has 1 aromatic heterocycles. The van der Waals surface area contributed by atoms with Crippen LogP contribution >= 0.6 is 38.9 Å². The predicted molar refractivity (Wildman–Crippen MR) is 80.9 cm³/mol. The number of phenolic OH excluding ortho intramolecular Hbond substituents is 1. The summed E-state index contributed by atoms with van der Waals surface area (Å²) in [6.45, 7) is 0.489. The minimum atomic E-state index is -0.239. The molecule has 2 rings (SSSR count). The van der Waals surface area contributed by atoms with Gasteiger partial charge in [-0.25, -0.2) is 0 Å². The summed E-state index contributed by atoms with van der Waals surface area (Å²) in [4.78, 5) is 13.8. The molecule has 0 saturated carbocycles. The second kappa shape index (κ2) is 5.94. The zero-order valence-corrected chi connectivity index (χ0v) is 13.2. The van der Waals surface area contributed by atoms with Crippen LogP contribution < -0.4 is 0 Å². The fourth-order valence-corrected chi connectivity index (χ4v) is 3.03. The quantitative estimate of drug-likeness (QED) is 0.893. The highest BCUT2D eigenvalue weighted by atomic mass is 79.9. The van der Waals surface area contributed by atoms with Crippen LogP contribution in [-0.2, 0) is 6.54 Å². The van der Waals surface area contributed by atoms with E-state index in [9.17, 15) is 9.90 Å². The maximum absolute atomic E-state index is 12.2. The Morgan fingerprint density at radius 3 is 2.79 bits per heavy atom. The summed E-state index contributed by atoms with van der Waals surface area (Å²) in [6, 6.07) is 6.45. The molecule has 19 heavy (non-hydrogen) atoms. The molecule has 2 aromatic rings. The van der Waals surface area contributed by atoms with Gasteiger partial charge in [0.1, 0.15) is 5.75 Å². The van der Waals surface area contributed by atoms with Gasteiger partial charge in [-0.05, 0) is 51.1 Å². The number of rotatable bonds is 3. The minimum Gasteiger partial charge on any atom is -0.507 e. The van der Waals surface area contributed by atoms with E-state index in [2.05, 4.69) is 15.9 Å². The third kappa shape index (κ3) is 3.49. The van der Waals surface area contributed by atoms with Crippen LogP contribution in [0.1, 0.15) is 15.9 Å². The normalized spacial score (nSPS) is 10.5. The van der Waals surface area contributed by atoms with Crippen LogP contribution in [0.2, 0.25) is 5.02 Å². The van der Waals surface area contributed by atoms with Gasteiger partial charge in [0.15, 0.2) is 0 Å². The average molecular weight is 361 g/mol. The first-order valence-electron chi connectivity index (χ1n) is 5.44. The number of thiophene rings is 1. The maximum Gasteiger partial charge on any atom is 0.257 e. The van der Waals surface area contributed by atoms with Crippen LogP contribution in [0.3, 0.4) is 0 Å². The first-order chi connectivity index (χ1) is 8.97. The van der Waals surface area contributed by atoms with E-state index in [1.54, 1.807) is 29.4 Å². The van der Waals surface area contributed by atoms with Crippen molar-refractivity contribution in [1.82, 2.24) is 4.90 Å². The van der Waals surface area contributed by atoms with Gasteiger partial charge >= 0.3 is 0 Å². The molecular weight excluding hydrogens is 350 g/mol. The zero-order valence-electron chi connectivity index (χ0n) is 10.1. The number of benzene rings is 1. The van der Waals surface area contributed by atoms with E-state index in [4.69, 9.17) is 11.6 Å². The molecule has 0 aliphatic heterocycles. The summed E-state index contributed by atoms with van der Waals surface area (Å²) < 4.78 is 1.03. The first kappa shape index (κ1) is 14.4. The van der Waals surface area contributed by atoms with Crippen molar-refractivity contribution in [1.29, 1.82) is 0 Å². The van der Waals surface area contributed by atoms with Crippen molar-refractivity contribution >= 4 is 44.8 Å². The number of nitrogens with zero attached hydrogens (tertiary/aromatic N) is 1. The fraction of sp³-hybridized carbons (Fsp3) is 0.154. The lowest BCUT2D eigenvalue weighted by atomic mass is 10.1. The summed E-state index contributed by atoms with van der Waals surface area (Å²) in [5, 5.41) is 12.1. The molecule has 0 radical (unpaired) electrons. The van der Waals surface area contributed by atoms with Crippen molar-refractivity contribution in [3.63, 3.8) is 0 Å². The fourth-order valence-electron chi connectivity index (χ4n) is 1.67. The molecule has 1 aromatic carbocycles. The van der Waals surface area contributed by atoms with Gasteiger partial charge in [0.05, 0.1) is 9.35 Å². The van der Waals surface area contributed by atoms with Gasteiger partial charge in [0.2, 0.25) is 0 Å². The smallest absolute Gasteiger partial charge is 0.257 e. The Morgan fingerprint density at radius 2 is 2.21 bits per heavy atom. The van der Waals surface area contributed by atoms with Crippen LogP contribution in [0.25, 0.3) is 0 Å². The third-order valence-electron chi connectivity index (χ3n) is 2.58. The van der Waals surface area contributed by atoms with Crippen LogP contribution in [0, 0.1) is 0 Å². The van der Waals surface area contributed by atoms with Gasteiger partial charge in [0, 0.05) is 18.6 Å². The highest BCUT2D eigenvalue weighted by molar-refractivity contribution is 9.11. The summed E-state index contributed by atoms with van der Waals surface area (Å²) in [5.41, 5.74) is 1.29. The molecule has 1 amide bonds. The van der Waals surface area contributed by atoms with Crippen molar-refractivity contribution in [2.45, 2.75) is 6.54 Å². The van der Waals surface area contributed by atoms with Gasteiger partial charge in [-0.2, -0.15) is 0 Å². The summed E-state index contributed by atoms with van der Waals surface area (Å²) in [7, 11) is 1.70. The van der Waals surface area contributed by atoms with E-state index in [-0.39, 0.29) is 17.2 Å². The van der Waals surface area contributed by atoms with Crippen LogP contribution in [0.15, 0.2) is 33.4 Å². The molecule has 100 valence electrons. The lowest BCUT2D eigenvalue weighted by Gasteiger charge is -2.17. The van der Waals surface area contributed by atoms with Crippen molar-refractivity contribution in [3.05, 3.63) is 49.6 Å². The second-order valence-corrected chi connectivity index (χ2v) is 6.81. The van der Waals surface area contributed by atoms with Crippen molar-refractivity contribution in [2.75, 3.05) is 7.05 Å². The summed E-state index contributed by atoms with van der Waals surface area (Å²) in [6.07, 6.45) is 0. The van der Waals surface area contributed by atoms with Crippen LogP contribution in [0.5, 0.6) is 5.75 Å². The van der Waals surface area contributed by atoms with E-state index >= 15 is 0 Å². The number of halogens is 2. The molecule has 3 nitrogen and oxygen atoms in total. The molecule has 0 spiro atoms. The number of hydrogen-bond acceptors (Lipinski definition) is 3. The number of amides is 1. The Hall–Kier alpha value is -1.04. The average Bonchev–Trinajstić information content (AvgIpc) is 2.74. The summed E-state index contributed by atoms with van der Waals surface area (Å²) in [5.74, 6) is -0.340. The number of carbonyl (C=O) groups excluding carboxylic acids is 1. The lowest BCUT2D eigenvalue weighted by Crippen LogP contribution is -2.26. The monoisotopic (exact) mass is 359 g/mol. The van der Waals surface area contributed by atoms with E-state index in [1.165, 1.54) is 12.1 Å². The Kier molecular flexibility index (Phi) is 4.50. The Bertz CT molecular complexity index is 614. The van der Waals surface area contributed by atoms with Crippen molar-refractivity contribution in [2.24, 2.45) is 0 Å². The number of carbonyl (C=O) groups is 1. The van der Waals surface area contributed by atoms with Crippen LogP contribution in [0.4, 0.5) is 0 Å². The van der Waals surface area contributed by atoms with E-state index in [1.807, 2.05) is 11.4 Å². The molecular formula is C13H11BrClNO2S. The van der Waals surface area contributed by atoms with E-state index < -0.39 is 0 Å². The van der Waals surface area contributed by atoms with Crippen LogP contribution in [-0.4, -0.2) is 23.0 Å². The molecule has 0 aliphatic rings. The highest BCUT2D eigenvalue weighted by Gasteiger charge is 2.16. The van der Waals surface area contributed by atoms with E-state index in [0.29, 0.717) is 11.6 Å². The number of phenols is 1. The standard InChI is InChI=1S/C13H11BrClNO2S/c1-16(6-8-4-12(14)19-7-8)13(18)10-3-2-9(15)5-11(10)17/h2-5,7,17H,6H2,1H3. The predicted octanol–water partition coefficient (Wildman–Crippen LogP) is 4.14. The second-order valence-electron chi connectivity index (χ2n) is 4.08. The van der Waals surface area contributed by atoms with Gasteiger partial charge in [-0.15, -0.1) is 11.3 Å². The molecule has 0 fully saturated rings. The molecule has 1 heterocycles. The largest absolute Gasteiger partial charge is 0.507 e. The van der Waals surface area contributed by atoms with Gasteiger partial charge < -0.3 is 10.0 Å².